The second-order valence-electron chi connectivity index (χ2n) is 44.0. The molecule has 0 spiro atoms. The van der Waals surface area contributed by atoms with Crippen LogP contribution in [0.3, 0.4) is 0 Å². The summed E-state index contributed by atoms with van der Waals surface area (Å²) in [6, 6.07) is 0. The van der Waals surface area contributed by atoms with Crippen LogP contribution in [0.4, 0.5) is 4.39 Å². The second-order valence-corrected chi connectivity index (χ2v) is 44.0. The standard InChI is InChI=1S/C34H62N2O10.C34H64N2O10.C33H60FNO10/c1-12-25-34(10,41)29(37)20(4)27(36-46-24-13-14-35-17-24)18(2)15-32(8,40)22(6)19(3)28(21(5)31(39)44-25)45-26-16-33(9,42-11)30(38)23(7)43-26;1-14-25-34(10,41)29(37)21(4)27(35-43-16-15-36(11)12)19(2)17-32(8,40)23(6)20(3)28(22(5)31(39)45-25)46-26-18-33(9,42-13)30(38)24(7)44-26;1-12-24-33(10,40)28(36)20(4)26(35-42-15-13-14-34)18(2)16-31(8,39)22(6)19(3)27(21(5)30(38)44-24)45-25-17-32(9,41-11)29(37)23(7)43-25/h18-26,28-30,35,37-38,40-41H,12-17H2,1-11H3;19-26,28-30,37-38,40-41H,14-18H2,1-13H3;18-25,27-29,36-37,39-40H,12-17H2,1-11H3/t18-,19-,20+,21-,22-,23+,24?,25-,26+,28+,29-,30+,32-,33-,34-;19-,20-,21+,22-,23-,24+,25-,26+,28+,29-,30+,32-,33-,34-;18-,19-,20+,21-,22-,23+,24-,25+,27+,28-,29+,31-,32-,33-/m111/s1. The van der Waals surface area contributed by atoms with Gasteiger partial charge in [-0.15, -0.1) is 0 Å². The van der Waals surface area contributed by atoms with Crippen molar-refractivity contribution in [2.45, 2.75) is 445 Å². The number of ether oxygens (including phenoxy) is 12. The zero-order chi connectivity index (χ0) is 105. The van der Waals surface area contributed by atoms with Crippen molar-refractivity contribution in [2.24, 2.45) is 104 Å². The molecular formula is C101H186FN5O30. The van der Waals surface area contributed by atoms with Crippen LogP contribution in [0.2, 0.25) is 0 Å². The highest BCUT2D eigenvalue weighted by atomic mass is 19.1. The lowest BCUT2D eigenvalue weighted by Gasteiger charge is -2.47. The van der Waals surface area contributed by atoms with Gasteiger partial charge in [0.25, 0.3) is 0 Å². The molecule has 0 radical (unpaired) electrons. The summed E-state index contributed by atoms with van der Waals surface area (Å²) in [6.07, 6.45) is -13.7. The summed E-state index contributed by atoms with van der Waals surface area (Å²) < 4.78 is 85.4. The highest BCUT2D eigenvalue weighted by Crippen LogP contribution is 2.47. The molecular weight excluding hydrogens is 1780 g/mol. The number of cyclic esters (lactones) is 3. The number of halogens is 1. The van der Waals surface area contributed by atoms with Gasteiger partial charge in [-0.3, -0.25) is 18.8 Å². The van der Waals surface area contributed by atoms with E-state index >= 15 is 0 Å². The first kappa shape index (κ1) is 123. The van der Waals surface area contributed by atoms with Crippen LogP contribution in [0.25, 0.3) is 0 Å². The molecule has 7 aliphatic heterocycles. The van der Waals surface area contributed by atoms with Crippen LogP contribution in [0.1, 0.15) is 278 Å². The second kappa shape index (κ2) is 51.7. The predicted molar refractivity (Wildman–Crippen MR) is 515 cm³/mol. The Hall–Kier alpha value is -4.17. The van der Waals surface area contributed by atoms with Gasteiger partial charge < -0.3 is 143 Å². The van der Waals surface area contributed by atoms with Gasteiger partial charge in [0.05, 0.1) is 130 Å². The maximum atomic E-state index is 13.8. The molecule has 0 aromatic carbocycles. The number of alkyl halides is 1. The number of rotatable bonds is 22. The first-order valence-electron chi connectivity index (χ1n) is 50.4. The van der Waals surface area contributed by atoms with Crippen LogP contribution in [-0.2, 0) is 85.7 Å². The van der Waals surface area contributed by atoms with Crippen LogP contribution in [-0.4, -0.2) is 343 Å². The number of hydrogen-bond acceptors (Lipinski definition) is 35. The Balaban J connectivity index is 0.000000363. The van der Waals surface area contributed by atoms with Gasteiger partial charge in [-0.05, 0) is 199 Å². The number of carbonyl (C=O) groups excluding carboxylic acids is 3. The number of aliphatic hydroxyl groups is 12. The molecule has 0 aliphatic carbocycles. The molecule has 0 amide bonds. The van der Waals surface area contributed by atoms with Crippen molar-refractivity contribution in [1.29, 1.82) is 0 Å². The van der Waals surface area contributed by atoms with Crippen LogP contribution >= 0.6 is 0 Å². The predicted octanol–water partition coefficient (Wildman–Crippen LogP) is 9.53. The molecule has 35 nitrogen and oxygen atoms in total. The first-order chi connectivity index (χ1) is 63.2. The van der Waals surface area contributed by atoms with Crippen LogP contribution in [0.15, 0.2) is 15.5 Å². The fraction of sp³-hybridized carbons (Fsp3) is 0.941. The molecule has 1 unspecified atom stereocenters. The average Bonchev–Trinajstić information content (AvgIpc) is 0.896. The van der Waals surface area contributed by atoms with E-state index in [0.29, 0.717) is 36.8 Å². The number of hydrogen-bond donors (Lipinski definition) is 13. The summed E-state index contributed by atoms with van der Waals surface area (Å²) in [5.41, 5.74) is -10.8. The monoisotopic (exact) mass is 1970 g/mol. The zero-order valence-electron chi connectivity index (χ0n) is 89.5. The molecule has 137 heavy (non-hydrogen) atoms. The topological polar surface area (TPSA) is 485 Å². The minimum atomic E-state index is -1.89. The summed E-state index contributed by atoms with van der Waals surface area (Å²) in [6.45, 7) is 54.9. The van der Waals surface area contributed by atoms with E-state index in [2.05, 4.69) is 20.8 Å². The quantitative estimate of drug-likeness (QED) is 0.0207. The van der Waals surface area contributed by atoms with Crippen molar-refractivity contribution < 1.29 is 151 Å². The third-order valence-corrected chi connectivity index (χ3v) is 32.6. The number of aliphatic hydroxyl groups excluding tert-OH is 6. The smallest absolute Gasteiger partial charge is 0.311 e. The largest absolute Gasteiger partial charge is 0.459 e. The minimum absolute atomic E-state index is 0.0306. The van der Waals surface area contributed by atoms with E-state index in [1.165, 1.54) is 42.1 Å². The Morgan fingerprint density at radius 2 is 0.686 bits per heavy atom. The highest BCUT2D eigenvalue weighted by molar-refractivity contribution is 5.90. The number of nitrogens with one attached hydrogen (secondary N) is 1. The lowest BCUT2D eigenvalue weighted by atomic mass is 9.70. The average molecular weight is 1970 g/mol. The van der Waals surface area contributed by atoms with Gasteiger partial charge in [0, 0.05) is 102 Å². The van der Waals surface area contributed by atoms with Crippen molar-refractivity contribution in [1.82, 2.24) is 10.2 Å². The fourth-order valence-electron chi connectivity index (χ4n) is 21.6. The molecule has 802 valence electrons. The molecule has 0 aromatic rings. The van der Waals surface area contributed by atoms with Crippen molar-refractivity contribution in [3.05, 3.63) is 0 Å². The summed E-state index contributed by atoms with van der Waals surface area (Å²) in [4.78, 5) is 60.4. The molecule has 0 bridgehead atoms. The number of likely N-dealkylation sites (N-methyl/N-ethyl adjacent to an activating group) is 1. The van der Waals surface area contributed by atoms with Gasteiger partial charge in [-0.1, -0.05) is 119 Å². The third kappa shape index (κ3) is 30.5. The molecule has 7 heterocycles. The van der Waals surface area contributed by atoms with Crippen molar-refractivity contribution in [3.63, 3.8) is 0 Å². The lowest BCUT2D eigenvalue weighted by molar-refractivity contribution is -0.298. The number of nitrogens with zero attached hydrogens (tertiary/aromatic N) is 4. The molecule has 7 aliphatic rings. The van der Waals surface area contributed by atoms with Crippen molar-refractivity contribution in [3.8, 4) is 0 Å². The Bertz CT molecular complexity index is 3760. The highest BCUT2D eigenvalue weighted by Gasteiger charge is 2.57. The SMILES string of the molecule is CC[C@H]1OC(=O)[C@H](C)[C@@H](O[C@H]2C[C@@](C)(OC)[C@@H](O)[C@H](C)O2)[C@H](C)[C@@H](C)[C@](C)(O)C[C@@H](C)C(=NOC2CCNC2)[C@H](C)[C@@H](O)[C@]1(C)O.CC[C@H]1OC(=O)[C@H](C)[C@@H](O[C@H]2C[C@@](C)(OC)[C@@H](O)[C@H](C)O2)[C@H](C)[C@@H](C)[C@](C)(O)C[C@@H](C)C(=NOCCCF)[C@H](C)[C@@H](O)[C@]1(C)O.CC[C@H]1OC(=O)[C@H](C)[C@@H](O[C@H]2C[C@@](C)(OC)[C@@H](O)[C@H](C)O2)[C@H](C)[C@@H](C)[C@](C)(O)C[C@@H](C)C(=NOCCN(C)C)[C@H](C)[C@@H](O)[C@]1(C)O. The van der Waals surface area contributed by atoms with E-state index in [1.54, 1.807) is 125 Å². The Labute approximate surface area is 817 Å². The van der Waals surface area contributed by atoms with E-state index in [4.69, 9.17) is 71.4 Å². The zero-order valence-corrected chi connectivity index (χ0v) is 89.5. The maximum absolute atomic E-state index is 13.8. The minimum Gasteiger partial charge on any atom is -0.459 e. The van der Waals surface area contributed by atoms with E-state index < -0.39 is 239 Å². The Morgan fingerprint density at radius 3 is 0.934 bits per heavy atom. The molecule has 7 rings (SSSR count). The lowest BCUT2D eigenvalue weighted by Crippen LogP contribution is -2.58. The number of oxime groups is 3. The normalized spacial score (nSPS) is 47.5. The number of esters is 3. The summed E-state index contributed by atoms with van der Waals surface area (Å²) in [7, 11) is 8.42. The van der Waals surface area contributed by atoms with E-state index in [9.17, 15) is 80.1 Å². The Kier molecular flexibility index (Phi) is 46.6. The molecule has 7 saturated heterocycles. The van der Waals surface area contributed by atoms with Crippen molar-refractivity contribution in [2.75, 3.05) is 74.9 Å². The summed E-state index contributed by atoms with van der Waals surface area (Å²) in [5.74, 6) is -10.0. The third-order valence-electron chi connectivity index (χ3n) is 32.6. The number of carbonyl (C=O) groups is 3. The van der Waals surface area contributed by atoms with Crippen LogP contribution in [0, 0.1) is 88.8 Å². The molecule has 0 saturated carbocycles. The van der Waals surface area contributed by atoms with Gasteiger partial charge in [0.2, 0.25) is 0 Å². The molecule has 43 atom stereocenters. The Morgan fingerprint density at radius 1 is 0.409 bits per heavy atom. The van der Waals surface area contributed by atoms with E-state index in [-0.39, 0.29) is 112 Å². The van der Waals surface area contributed by atoms with E-state index in [1.807, 2.05) is 81.3 Å². The molecule has 7 fully saturated rings. The molecule has 36 heteroatoms. The van der Waals surface area contributed by atoms with E-state index in [0.717, 1.165) is 13.0 Å². The van der Waals surface area contributed by atoms with Crippen molar-refractivity contribution >= 4 is 35.0 Å². The van der Waals surface area contributed by atoms with Crippen LogP contribution in [0.5, 0.6) is 0 Å². The van der Waals surface area contributed by atoms with Gasteiger partial charge in [0.15, 0.2) is 18.9 Å². The molecule has 13 N–H and O–H groups in total. The van der Waals surface area contributed by atoms with Gasteiger partial charge in [0.1, 0.15) is 72.7 Å². The van der Waals surface area contributed by atoms with Gasteiger partial charge >= 0.3 is 17.9 Å². The summed E-state index contributed by atoms with van der Waals surface area (Å²) >= 11 is 0. The van der Waals surface area contributed by atoms with Crippen LogP contribution < -0.4 is 5.32 Å². The first-order valence-corrected chi connectivity index (χ1v) is 50.4. The van der Waals surface area contributed by atoms with Gasteiger partial charge in [-0.2, -0.15) is 0 Å². The molecule has 0 aromatic heterocycles. The number of methoxy groups -OCH3 is 3. The fourth-order valence-corrected chi connectivity index (χ4v) is 21.6. The van der Waals surface area contributed by atoms with Gasteiger partial charge in [-0.25, -0.2) is 0 Å². The summed E-state index contributed by atoms with van der Waals surface area (Å²) in [5, 5.41) is 155. The maximum Gasteiger partial charge on any atom is 0.311 e.